The summed E-state index contributed by atoms with van der Waals surface area (Å²) in [5, 5.41) is 0. The third-order valence-corrected chi connectivity index (χ3v) is 6.01. The largest absolute Gasteiger partial charge is 0.333 e. The Kier molecular flexibility index (Phi) is 4.33. The van der Waals surface area contributed by atoms with Gasteiger partial charge in [0.15, 0.2) is 0 Å². The predicted octanol–water partition coefficient (Wildman–Crippen LogP) is 1.22. The van der Waals surface area contributed by atoms with Gasteiger partial charge in [-0.2, -0.15) is 17.4 Å². The van der Waals surface area contributed by atoms with Gasteiger partial charge in [0.1, 0.15) is 5.82 Å². The molecule has 0 saturated carbocycles. The van der Waals surface area contributed by atoms with Crippen LogP contribution in [0.5, 0.6) is 0 Å². The van der Waals surface area contributed by atoms with Crippen LogP contribution in [0.25, 0.3) is 0 Å². The molecule has 21 heavy (non-hydrogen) atoms. The molecule has 0 amide bonds. The van der Waals surface area contributed by atoms with Gasteiger partial charge in [0.2, 0.25) is 0 Å². The van der Waals surface area contributed by atoms with Crippen molar-refractivity contribution < 1.29 is 8.42 Å². The van der Waals surface area contributed by atoms with Gasteiger partial charge in [-0.15, -0.1) is 0 Å². The summed E-state index contributed by atoms with van der Waals surface area (Å²) < 4.78 is 31.6. The van der Waals surface area contributed by atoms with E-state index in [1.165, 1.54) is 0 Å². The minimum Gasteiger partial charge on any atom is -0.333 e. The summed E-state index contributed by atoms with van der Waals surface area (Å²) in [7, 11) is -3.35. The number of nitrogens with zero attached hydrogens (tertiary/aromatic N) is 3. The van der Waals surface area contributed by atoms with Crippen LogP contribution >= 0.6 is 0 Å². The Bertz CT molecular complexity index is 588. The molecule has 7 heteroatoms. The van der Waals surface area contributed by atoms with E-state index in [2.05, 4.69) is 14.3 Å². The van der Waals surface area contributed by atoms with Gasteiger partial charge in [0, 0.05) is 38.3 Å². The smallest absolute Gasteiger partial charge is 0.279 e. The number of nitrogens with one attached hydrogen (secondary N) is 1. The summed E-state index contributed by atoms with van der Waals surface area (Å²) in [5.74, 6) is 1.07. The lowest BCUT2D eigenvalue weighted by atomic mass is 10.1. The Balaban J connectivity index is 1.66. The van der Waals surface area contributed by atoms with Gasteiger partial charge in [-0.3, -0.25) is 0 Å². The van der Waals surface area contributed by atoms with Crippen molar-refractivity contribution in [2.75, 3.05) is 13.1 Å². The fourth-order valence-electron chi connectivity index (χ4n) is 3.25. The Morgan fingerprint density at radius 3 is 2.67 bits per heavy atom. The van der Waals surface area contributed by atoms with E-state index in [1.54, 1.807) is 4.31 Å². The Hall–Kier alpha value is -0.920. The van der Waals surface area contributed by atoms with Crippen molar-refractivity contribution in [3.63, 3.8) is 0 Å². The monoisotopic (exact) mass is 312 g/mol. The van der Waals surface area contributed by atoms with Gasteiger partial charge in [-0.05, 0) is 26.2 Å². The van der Waals surface area contributed by atoms with E-state index in [9.17, 15) is 8.42 Å². The molecule has 2 aliphatic heterocycles. The standard InChI is InChI=1S/C14H24N4O2S/c1-12-10-17-11-13(6-7-14(17)15-12)16-21(19,20)18-8-4-2-3-5-9-18/h10,13,16H,2-9,11H2,1H3/t13-/m1/s1. The second-order valence-corrected chi connectivity index (χ2v) is 7.82. The molecule has 1 saturated heterocycles. The first-order valence-corrected chi connectivity index (χ1v) is 9.29. The maximum Gasteiger partial charge on any atom is 0.279 e. The van der Waals surface area contributed by atoms with Crippen LogP contribution in [-0.4, -0.2) is 41.4 Å². The summed E-state index contributed by atoms with van der Waals surface area (Å²) in [6, 6.07) is -0.0284. The Morgan fingerprint density at radius 1 is 1.24 bits per heavy atom. The maximum atomic E-state index is 12.5. The number of hydrogen-bond acceptors (Lipinski definition) is 3. The molecule has 1 atom stereocenters. The first-order valence-electron chi connectivity index (χ1n) is 7.85. The van der Waals surface area contributed by atoms with Crippen molar-refractivity contribution in [1.82, 2.24) is 18.6 Å². The third kappa shape index (κ3) is 3.46. The quantitative estimate of drug-likeness (QED) is 0.912. The maximum absolute atomic E-state index is 12.5. The van der Waals surface area contributed by atoms with E-state index >= 15 is 0 Å². The van der Waals surface area contributed by atoms with Crippen molar-refractivity contribution in [3.05, 3.63) is 17.7 Å². The highest BCUT2D eigenvalue weighted by Gasteiger charge is 2.28. The highest BCUT2D eigenvalue weighted by atomic mass is 32.2. The van der Waals surface area contributed by atoms with Crippen LogP contribution in [0.15, 0.2) is 6.20 Å². The lowest BCUT2D eigenvalue weighted by Gasteiger charge is -2.28. The zero-order chi connectivity index (χ0) is 14.9. The normalized spacial score (nSPS) is 24.5. The lowest BCUT2D eigenvalue weighted by Crippen LogP contribution is -2.48. The van der Waals surface area contributed by atoms with Gasteiger partial charge in [0.25, 0.3) is 10.2 Å². The molecule has 118 valence electrons. The van der Waals surface area contributed by atoms with E-state index in [0.29, 0.717) is 19.6 Å². The fraction of sp³-hybridized carbons (Fsp3) is 0.786. The van der Waals surface area contributed by atoms with E-state index < -0.39 is 10.2 Å². The number of fused-ring (bicyclic) bond motifs is 1. The van der Waals surface area contributed by atoms with E-state index in [1.807, 2.05) is 13.1 Å². The molecule has 0 aliphatic carbocycles. The average Bonchev–Trinajstić information content (AvgIpc) is 2.64. The molecule has 0 spiro atoms. The number of aryl methyl sites for hydroxylation is 2. The molecule has 0 aromatic carbocycles. The molecule has 0 unspecified atom stereocenters. The van der Waals surface area contributed by atoms with Crippen molar-refractivity contribution >= 4 is 10.2 Å². The summed E-state index contributed by atoms with van der Waals surface area (Å²) >= 11 is 0. The second kappa shape index (κ2) is 6.06. The number of aromatic nitrogens is 2. The molecule has 3 heterocycles. The molecule has 3 rings (SSSR count). The molecule has 1 aromatic rings. The second-order valence-electron chi connectivity index (χ2n) is 6.12. The Labute approximate surface area is 126 Å². The zero-order valence-electron chi connectivity index (χ0n) is 12.6. The SMILES string of the molecule is Cc1cn2c(n1)CC[C@@H](NS(=O)(=O)N1CCCCCC1)C2. The molecule has 0 bridgehead atoms. The first-order chi connectivity index (χ1) is 10.0. The molecule has 1 aromatic heterocycles. The van der Waals surface area contributed by atoms with Gasteiger partial charge in [-0.1, -0.05) is 12.8 Å². The third-order valence-electron chi connectivity index (χ3n) is 4.33. The van der Waals surface area contributed by atoms with Gasteiger partial charge in [0.05, 0.1) is 5.69 Å². The molecular weight excluding hydrogens is 288 g/mol. The minimum absolute atomic E-state index is 0.0284. The van der Waals surface area contributed by atoms with E-state index in [4.69, 9.17) is 0 Å². The van der Waals surface area contributed by atoms with Gasteiger partial charge in [-0.25, -0.2) is 4.98 Å². The number of rotatable bonds is 3. The van der Waals surface area contributed by atoms with Crippen LogP contribution in [0.1, 0.15) is 43.6 Å². The molecule has 2 aliphatic rings. The molecule has 1 fully saturated rings. The van der Waals surface area contributed by atoms with Crippen molar-refractivity contribution in [2.24, 2.45) is 0 Å². The van der Waals surface area contributed by atoms with Crippen LogP contribution in [0.4, 0.5) is 0 Å². The van der Waals surface area contributed by atoms with E-state index in [0.717, 1.165) is 50.0 Å². The molecule has 0 radical (unpaired) electrons. The average molecular weight is 312 g/mol. The fourth-order valence-corrected chi connectivity index (χ4v) is 4.75. The van der Waals surface area contributed by atoms with Crippen molar-refractivity contribution in [3.8, 4) is 0 Å². The highest BCUT2D eigenvalue weighted by Crippen LogP contribution is 2.18. The number of imidazole rings is 1. The van der Waals surface area contributed by atoms with Gasteiger partial charge >= 0.3 is 0 Å². The van der Waals surface area contributed by atoms with Crippen LogP contribution in [0, 0.1) is 6.92 Å². The van der Waals surface area contributed by atoms with Crippen LogP contribution in [0.3, 0.4) is 0 Å². The predicted molar refractivity (Wildman–Crippen MR) is 81.2 cm³/mol. The first kappa shape index (κ1) is 15.0. The minimum atomic E-state index is -3.35. The molecular formula is C14H24N4O2S. The number of hydrogen-bond donors (Lipinski definition) is 1. The van der Waals surface area contributed by atoms with E-state index in [-0.39, 0.29) is 6.04 Å². The summed E-state index contributed by atoms with van der Waals surface area (Å²) in [6.07, 6.45) is 7.86. The summed E-state index contributed by atoms with van der Waals surface area (Å²) in [6.45, 7) is 3.96. The van der Waals surface area contributed by atoms with Crippen LogP contribution < -0.4 is 4.72 Å². The van der Waals surface area contributed by atoms with Crippen LogP contribution in [-0.2, 0) is 23.2 Å². The highest BCUT2D eigenvalue weighted by molar-refractivity contribution is 7.87. The lowest BCUT2D eigenvalue weighted by molar-refractivity contribution is 0.379. The van der Waals surface area contributed by atoms with Crippen molar-refractivity contribution in [2.45, 2.75) is 58.0 Å². The van der Waals surface area contributed by atoms with Crippen LogP contribution in [0.2, 0.25) is 0 Å². The zero-order valence-corrected chi connectivity index (χ0v) is 13.4. The summed E-state index contributed by atoms with van der Waals surface area (Å²) in [4.78, 5) is 4.46. The topological polar surface area (TPSA) is 67.2 Å². The molecule has 1 N–H and O–H groups in total. The van der Waals surface area contributed by atoms with Gasteiger partial charge < -0.3 is 4.57 Å². The van der Waals surface area contributed by atoms with Crippen molar-refractivity contribution in [1.29, 1.82) is 0 Å². The molecule has 6 nitrogen and oxygen atoms in total. The Morgan fingerprint density at radius 2 is 1.95 bits per heavy atom. The summed E-state index contributed by atoms with van der Waals surface area (Å²) in [5.41, 5.74) is 1.00.